The van der Waals surface area contributed by atoms with Crippen molar-refractivity contribution in [2.24, 2.45) is 0 Å². The second-order valence-corrected chi connectivity index (χ2v) is 4.27. The predicted octanol–water partition coefficient (Wildman–Crippen LogP) is -0.470. The van der Waals surface area contributed by atoms with Crippen molar-refractivity contribution in [3.63, 3.8) is 0 Å². The second kappa shape index (κ2) is 4.54. The Morgan fingerprint density at radius 1 is 1.46 bits per heavy atom. The van der Waals surface area contributed by atoms with Gasteiger partial charge in [0.1, 0.15) is 0 Å². The van der Waals surface area contributed by atoms with E-state index in [0.29, 0.717) is 13.0 Å². The van der Waals surface area contributed by atoms with Gasteiger partial charge in [0.15, 0.2) is 0 Å². The largest absolute Gasteiger partial charge is 0.748 e. The Morgan fingerprint density at radius 3 is 2.46 bits per heavy atom. The van der Waals surface area contributed by atoms with E-state index in [4.69, 9.17) is 0 Å². The van der Waals surface area contributed by atoms with Crippen LogP contribution in [-0.4, -0.2) is 42.6 Å². The van der Waals surface area contributed by atoms with Crippen LogP contribution in [0.1, 0.15) is 12.8 Å². The molecule has 0 aromatic rings. The van der Waals surface area contributed by atoms with Crippen LogP contribution in [0.25, 0.3) is 0 Å². The normalized spacial score (nSPS) is 17.3. The van der Waals surface area contributed by atoms with Gasteiger partial charge in [-0.15, -0.1) is 0 Å². The molecule has 0 spiro atoms. The zero-order chi connectivity index (χ0) is 9.19. The molecule has 4 N–H and O–H groups in total. The van der Waals surface area contributed by atoms with Crippen LogP contribution in [0.4, 0.5) is 0 Å². The van der Waals surface area contributed by atoms with Crippen LogP contribution in [-0.2, 0) is 14.9 Å². The number of quaternary nitrogens is 1. The highest BCUT2D eigenvalue weighted by Gasteiger charge is 2.19. The Bertz CT molecular complexity index is 274. The lowest BCUT2D eigenvalue weighted by atomic mass is 10.4. The van der Waals surface area contributed by atoms with Gasteiger partial charge in [-0.05, 0) is 6.42 Å². The number of nitrogens with zero attached hydrogens (tertiary/aromatic N) is 1. The van der Waals surface area contributed by atoms with Gasteiger partial charge in [0.2, 0.25) is 5.91 Å². The molecule has 78 valence electrons. The van der Waals surface area contributed by atoms with Crippen molar-refractivity contribution in [2.75, 3.05) is 18.8 Å². The van der Waals surface area contributed by atoms with Gasteiger partial charge >= 0.3 is 0 Å². The van der Waals surface area contributed by atoms with Gasteiger partial charge in [-0.3, -0.25) is 4.79 Å². The fraction of sp³-hybridized carbons (Fsp3) is 0.833. The molecule has 1 aliphatic heterocycles. The molecule has 0 aromatic heterocycles. The lowest BCUT2D eigenvalue weighted by Crippen LogP contribution is -2.30. The highest BCUT2D eigenvalue weighted by atomic mass is 32.2. The molecule has 0 unspecified atom stereocenters. The molecule has 0 saturated carbocycles. The van der Waals surface area contributed by atoms with Crippen LogP contribution in [0.5, 0.6) is 0 Å². The number of carbonyl (C=O) groups excluding carboxylic acids is 1. The maximum absolute atomic E-state index is 10.9. The van der Waals surface area contributed by atoms with Crippen LogP contribution in [0.3, 0.4) is 0 Å². The van der Waals surface area contributed by atoms with E-state index in [1.54, 1.807) is 0 Å². The summed E-state index contributed by atoms with van der Waals surface area (Å²) >= 11 is 0. The van der Waals surface area contributed by atoms with Crippen molar-refractivity contribution in [1.29, 1.82) is 0 Å². The maximum Gasteiger partial charge on any atom is 0.222 e. The molecule has 0 aliphatic carbocycles. The third kappa shape index (κ3) is 4.20. The first-order chi connectivity index (χ1) is 5.49. The molecule has 7 heteroatoms. The number of amides is 1. The van der Waals surface area contributed by atoms with Crippen LogP contribution in [0, 0.1) is 0 Å². The summed E-state index contributed by atoms with van der Waals surface area (Å²) in [7, 11) is -4.18. The number of hydrogen-bond acceptors (Lipinski definition) is 4. The Labute approximate surface area is 77.2 Å². The van der Waals surface area contributed by atoms with E-state index < -0.39 is 15.9 Å². The first-order valence-corrected chi connectivity index (χ1v) is 5.28. The molecule has 1 fully saturated rings. The lowest BCUT2D eigenvalue weighted by molar-refractivity contribution is -0.127. The van der Waals surface area contributed by atoms with Crippen LogP contribution in [0.15, 0.2) is 0 Å². The minimum atomic E-state index is -4.18. The quantitative estimate of drug-likeness (QED) is 0.634. The summed E-state index contributed by atoms with van der Waals surface area (Å²) in [6.45, 7) is 0.624. The summed E-state index contributed by atoms with van der Waals surface area (Å²) in [4.78, 5) is 12.3. The number of carbonyl (C=O) groups is 1. The second-order valence-electron chi connectivity index (χ2n) is 2.75. The molecule has 0 aromatic carbocycles. The molecule has 1 amide bonds. The summed E-state index contributed by atoms with van der Waals surface area (Å²) in [5.74, 6) is -0.530. The number of likely N-dealkylation sites (tertiary alicyclic amines) is 1. The van der Waals surface area contributed by atoms with E-state index in [9.17, 15) is 17.8 Å². The predicted molar refractivity (Wildman–Crippen MR) is 46.4 cm³/mol. The third-order valence-corrected chi connectivity index (χ3v) is 2.47. The van der Waals surface area contributed by atoms with Gasteiger partial charge in [-0.25, -0.2) is 8.42 Å². The topological polar surface area (TPSA) is 114 Å². The Hall–Kier alpha value is -0.660. The zero-order valence-corrected chi connectivity index (χ0v) is 8.34. The van der Waals surface area contributed by atoms with E-state index in [0.717, 1.165) is 6.42 Å². The maximum atomic E-state index is 10.9. The monoisotopic (exact) mass is 210 g/mol. The van der Waals surface area contributed by atoms with Crippen LogP contribution < -0.4 is 6.15 Å². The van der Waals surface area contributed by atoms with Crippen molar-refractivity contribution >= 4 is 16.0 Å². The molecule has 6 nitrogen and oxygen atoms in total. The average Bonchev–Trinajstić information content (AvgIpc) is 2.29. The van der Waals surface area contributed by atoms with Gasteiger partial charge in [-0.2, -0.15) is 0 Å². The van der Waals surface area contributed by atoms with E-state index in [2.05, 4.69) is 0 Å². The van der Waals surface area contributed by atoms with Crippen molar-refractivity contribution < 1.29 is 17.8 Å². The first-order valence-electron chi connectivity index (χ1n) is 3.70. The summed E-state index contributed by atoms with van der Waals surface area (Å²) < 4.78 is 30.6. The Kier molecular flexibility index (Phi) is 4.31. The molecule has 13 heavy (non-hydrogen) atoms. The molecule has 1 saturated heterocycles. The van der Waals surface area contributed by atoms with Crippen LogP contribution in [0.2, 0.25) is 0 Å². The smallest absolute Gasteiger partial charge is 0.222 e. The molecule has 0 bridgehead atoms. The molecule has 1 rings (SSSR count). The van der Waals surface area contributed by atoms with Crippen LogP contribution >= 0.6 is 0 Å². The molecule has 0 atom stereocenters. The minimum absolute atomic E-state index is 0. The van der Waals surface area contributed by atoms with E-state index in [1.807, 2.05) is 0 Å². The summed E-state index contributed by atoms with van der Waals surface area (Å²) in [6, 6.07) is 0. The molecule has 0 radical (unpaired) electrons. The van der Waals surface area contributed by atoms with Gasteiger partial charge in [0.25, 0.3) is 0 Å². The van der Waals surface area contributed by atoms with E-state index in [-0.39, 0.29) is 18.6 Å². The fourth-order valence-electron chi connectivity index (χ4n) is 1.16. The van der Waals surface area contributed by atoms with Crippen molar-refractivity contribution in [3.8, 4) is 0 Å². The number of hydrogen-bond donors (Lipinski definition) is 1. The average molecular weight is 210 g/mol. The number of rotatable bonds is 3. The highest BCUT2D eigenvalue weighted by Crippen LogP contribution is 2.08. The van der Waals surface area contributed by atoms with Gasteiger partial charge < -0.3 is 15.6 Å². The Balaban J connectivity index is 0.00000144. The lowest BCUT2D eigenvalue weighted by Gasteiger charge is -2.16. The molecular formula is C6H14N2O4S. The fourth-order valence-corrected chi connectivity index (χ4v) is 1.61. The highest BCUT2D eigenvalue weighted by molar-refractivity contribution is 7.85. The van der Waals surface area contributed by atoms with Crippen molar-refractivity contribution in [3.05, 3.63) is 0 Å². The van der Waals surface area contributed by atoms with Gasteiger partial charge in [0, 0.05) is 19.5 Å². The Morgan fingerprint density at radius 2 is 2.08 bits per heavy atom. The van der Waals surface area contributed by atoms with Crippen molar-refractivity contribution in [2.45, 2.75) is 12.8 Å². The molecule has 1 aliphatic rings. The standard InChI is InChI=1S/C6H11NO4S.H3N/c8-6-2-1-3-7(6)4-5-12(9,10)11;/h1-5H2,(H,9,10,11);1H3. The summed E-state index contributed by atoms with van der Waals surface area (Å²) in [6.07, 6.45) is 1.23. The zero-order valence-electron chi connectivity index (χ0n) is 7.52. The minimum Gasteiger partial charge on any atom is -0.748 e. The summed E-state index contributed by atoms with van der Waals surface area (Å²) in [5.41, 5.74) is 0. The molecule has 1 heterocycles. The SMILES string of the molecule is O=C1CCCN1CCS(=O)(=O)[O-].[NH4+]. The third-order valence-electron chi connectivity index (χ3n) is 1.78. The van der Waals surface area contributed by atoms with Gasteiger partial charge in [0.05, 0.1) is 15.9 Å². The summed E-state index contributed by atoms with van der Waals surface area (Å²) in [5, 5.41) is 0. The van der Waals surface area contributed by atoms with Crippen molar-refractivity contribution in [1.82, 2.24) is 11.1 Å². The van der Waals surface area contributed by atoms with E-state index in [1.165, 1.54) is 4.90 Å². The first kappa shape index (κ1) is 12.3. The van der Waals surface area contributed by atoms with E-state index >= 15 is 0 Å². The van der Waals surface area contributed by atoms with Gasteiger partial charge in [-0.1, -0.05) is 0 Å². The molecular weight excluding hydrogens is 196 g/mol.